The maximum absolute atomic E-state index is 5.46. The third-order valence-electron chi connectivity index (χ3n) is 2.07. The third kappa shape index (κ3) is 1.83. The van der Waals surface area contributed by atoms with Gasteiger partial charge in [0, 0.05) is 5.56 Å². The van der Waals surface area contributed by atoms with Crippen molar-refractivity contribution in [1.29, 1.82) is 0 Å². The molecule has 0 aliphatic carbocycles. The zero-order chi connectivity index (χ0) is 9.80. The first kappa shape index (κ1) is 8.97. The van der Waals surface area contributed by atoms with Gasteiger partial charge in [0.2, 0.25) is 5.89 Å². The molecule has 0 fully saturated rings. The van der Waals surface area contributed by atoms with Crippen molar-refractivity contribution in [3.05, 3.63) is 42.3 Å². The Morgan fingerprint density at radius 1 is 1.21 bits per heavy atom. The van der Waals surface area contributed by atoms with Crippen molar-refractivity contribution < 1.29 is 4.42 Å². The molecule has 0 spiro atoms. The largest absolute Gasteiger partial charge is 0.445 e. The van der Waals surface area contributed by atoms with Gasteiger partial charge in [-0.3, -0.25) is 0 Å². The van der Waals surface area contributed by atoms with Crippen molar-refractivity contribution in [1.82, 2.24) is 4.98 Å². The lowest BCUT2D eigenvalue weighted by Crippen LogP contribution is -2.02. The van der Waals surface area contributed by atoms with Crippen molar-refractivity contribution >= 4 is 0 Å². The lowest BCUT2D eigenvalue weighted by Gasteiger charge is -1.99. The van der Waals surface area contributed by atoms with Crippen LogP contribution < -0.4 is 5.73 Å². The van der Waals surface area contributed by atoms with Gasteiger partial charge in [0.1, 0.15) is 6.26 Å². The number of nitrogens with two attached hydrogens (primary N) is 1. The van der Waals surface area contributed by atoms with Crippen LogP contribution >= 0.6 is 0 Å². The zero-order valence-electron chi connectivity index (χ0n) is 7.81. The highest BCUT2D eigenvalue weighted by Crippen LogP contribution is 2.17. The van der Waals surface area contributed by atoms with E-state index in [0.29, 0.717) is 12.4 Å². The maximum Gasteiger partial charge on any atom is 0.225 e. The van der Waals surface area contributed by atoms with Gasteiger partial charge in [0.15, 0.2) is 0 Å². The average molecular weight is 188 g/mol. The molecule has 2 rings (SSSR count). The maximum atomic E-state index is 5.46. The summed E-state index contributed by atoms with van der Waals surface area (Å²) in [4.78, 5) is 4.07. The van der Waals surface area contributed by atoms with Crippen LogP contribution in [0.15, 0.2) is 41.1 Å². The van der Waals surface area contributed by atoms with Crippen molar-refractivity contribution in [3.8, 4) is 11.5 Å². The van der Waals surface area contributed by atoms with Crippen LogP contribution in [-0.4, -0.2) is 11.5 Å². The van der Waals surface area contributed by atoms with Crippen molar-refractivity contribution in [3.63, 3.8) is 0 Å². The minimum absolute atomic E-state index is 0.657. The number of hydrogen-bond acceptors (Lipinski definition) is 3. The molecule has 1 heterocycles. The Bertz CT molecular complexity index is 378. The van der Waals surface area contributed by atoms with Crippen LogP contribution in [0.3, 0.4) is 0 Å². The molecule has 0 saturated heterocycles. The number of hydrogen-bond donors (Lipinski definition) is 1. The molecule has 3 heteroatoms. The fourth-order valence-corrected chi connectivity index (χ4v) is 1.35. The molecule has 0 bridgehead atoms. The van der Waals surface area contributed by atoms with Gasteiger partial charge in [0.25, 0.3) is 0 Å². The van der Waals surface area contributed by atoms with E-state index in [4.69, 9.17) is 10.2 Å². The summed E-state index contributed by atoms with van der Waals surface area (Å²) in [6, 6.07) is 8.09. The van der Waals surface area contributed by atoms with Gasteiger partial charge in [0.05, 0.1) is 6.20 Å². The molecule has 3 nitrogen and oxygen atoms in total. The highest BCUT2D eigenvalue weighted by molar-refractivity contribution is 5.53. The normalized spacial score (nSPS) is 10.4. The molecule has 1 aromatic heterocycles. The molecule has 0 aliphatic rings. The minimum Gasteiger partial charge on any atom is -0.445 e. The summed E-state index contributed by atoms with van der Waals surface area (Å²) < 4.78 is 5.18. The van der Waals surface area contributed by atoms with Crippen LogP contribution in [-0.2, 0) is 6.42 Å². The van der Waals surface area contributed by atoms with Crippen LogP contribution in [0.2, 0.25) is 0 Å². The van der Waals surface area contributed by atoms with E-state index in [-0.39, 0.29) is 0 Å². The SMILES string of the molecule is NCCc1ccc(-c2ncco2)cc1. The first-order valence-corrected chi connectivity index (χ1v) is 4.59. The molecule has 0 aliphatic heterocycles. The molecule has 2 N–H and O–H groups in total. The minimum atomic E-state index is 0.657. The second-order valence-electron chi connectivity index (χ2n) is 3.07. The highest BCUT2D eigenvalue weighted by atomic mass is 16.3. The molecule has 0 amide bonds. The Morgan fingerprint density at radius 3 is 2.57 bits per heavy atom. The predicted molar refractivity (Wildman–Crippen MR) is 54.7 cm³/mol. The summed E-state index contributed by atoms with van der Waals surface area (Å²) in [6.45, 7) is 0.679. The molecule has 0 radical (unpaired) electrons. The van der Waals surface area contributed by atoms with Crippen molar-refractivity contribution in [2.75, 3.05) is 6.54 Å². The molecular weight excluding hydrogens is 176 g/mol. The summed E-state index contributed by atoms with van der Waals surface area (Å²) in [7, 11) is 0. The first-order chi connectivity index (χ1) is 6.90. The number of oxazole rings is 1. The van der Waals surface area contributed by atoms with Crippen LogP contribution in [0.5, 0.6) is 0 Å². The van der Waals surface area contributed by atoms with Gasteiger partial charge in [-0.1, -0.05) is 12.1 Å². The van der Waals surface area contributed by atoms with Crippen LogP contribution in [0.1, 0.15) is 5.56 Å². The molecule has 0 saturated carbocycles. The fraction of sp³-hybridized carbons (Fsp3) is 0.182. The summed E-state index contributed by atoms with van der Waals surface area (Å²) in [5.74, 6) is 0.657. The van der Waals surface area contributed by atoms with Crippen LogP contribution in [0.25, 0.3) is 11.5 Å². The lowest BCUT2D eigenvalue weighted by atomic mass is 10.1. The zero-order valence-corrected chi connectivity index (χ0v) is 7.81. The second-order valence-corrected chi connectivity index (χ2v) is 3.07. The van der Waals surface area contributed by atoms with Gasteiger partial charge in [-0.15, -0.1) is 0 Å². The molecule has 0 atom stereocenters. The Balaban J connectivity index is 2.22. The number of rotatable bonds is 3. The summed E-state index contributed by atoms with van der Waals surface area (Å²) in [5.41, 5.74) is 7.70. The van der Waals surface area contributed by atoms with Gasteiger partial charge in [-0.05, 0) is 30.7 Å². The molecule has 14 heavy (non-hydrogen) atoms. The fourth-order valence-electron chi connectivity index (χ4n) is 1.35. The van der Waals surface area contributed by atoms with Gasteiger partial charge < -0.3 is 10.2 Å². The Morgan fingerprint density at radius 2 is 2.00 bits per heavy atom. The summed E-state index contributed by atoms with van der Waals surface area (Å²) >= 11 is 0. The molecule has 2 aromatic rings. The average Bonchev–Trinajstić information content (AvgIpc) is 2.72. The van der Waals surface area contributed by atoms with E-state index < -0.39 is 0 Å². The van der Waals surface area contributed by atoms with Crippen LogP contribution in [0.4, 0.5) is 0 Å². The molecular formula is C11H12N2O. The summed E-state index contributed by atoms with van der Waals surface area (Å²) in [6.07, 6.45) is 4.12. The van der Waals surface area contributed by atoms with Crippen molar-refractivity contribution in [2.24, 2.45) is 5.73 Å². The number of nitrogens with zero attached hydrogens (tertiary/aromatic N) is 1. The quantitative estimate of drug-likeness (QED) is 0.799. The van der Waals surface area contributed by atoms with Crippen molar-refractivity contribution in [2.45, 2.75) is 6.42 Å². The van der Waals surface area contributed by atoms with E-state index in [1.165, 1.54) is 5.56 Å². The van der Waals surface area contributed by atoms with Gasteiger partial charge >= 0.3 is 0 Å². The van der Waals surface area contributed by atoms with E-state index in [1.54, 1.807) is 12.5 Å². The van der Waals surface area contributed by atoms with E-state index in [0.717, 1.165) is 12.0 Å². The number of aromatic nitrogens is 1. The van der Waals surface area contributed by atoms with Gasteiger partial charge in [-0.25, -0.2) is 4.98 Å². The molecule has 72 valence electrons. The van der Waals surface area contributed by atoms with E-state index >= 15 is 0 Å². The Labute approximate surface area is 82.6 Å². The predicted octanol–water partition coefficient (Wildman–Crippen LogP) is 1.84. The first-order valence-electron chi connectivity index (χ1n) is 4.59. The monoisotopic (exact) mass is 188 g/mol. The Hall–Kier alpha value is -1.61. The highest BCUT2D eigenvalue weighted by Gasteiger charge is 2.00. The molecule has 0 unspecified atom stereocenters. The Kier molecular flexibility index (Phi) is 2.60. The summed E-state index contributed by atoms with van der Waals surface area (Å²) in [5, 5.41) is 0. The smallest absolute Gasteiger partial charge is 0.225 e. The van der Waals surface area contributed by atoms with Crippen LogP contribution in [0, 0.1) is 0 Å². The van der Waals surface area contributed by atoms with E-state index in [2.05, 4.69) is 4.98 Å². The number of benzene rings is 1. The topological polar surface area (TPSA) is 52.0 Å². The molecule has 1 aromatic carbocycles. The van der Waals surface area contributed by atoms with E-state index in [9.17, 15) is 0 Å². The van der Waals surface area contributed by atoms with E-state index in [1.807, 2.05) is 24.3 Å². The van der Waals surface area contributed by atoms with Gasteiger partial charge in [-0.2, -0.15) is 0 Å². The third-order valence-corrected chi connectivity index (χ3v) is 2.07. The lowest BCUT2D eigenvalue weighted by molar-refractivity contribution is 0.574. The standard InChI is InChI=1S/C11H12N2O/c12-6-5-9-1-3-10(4-2-9)11-13-7-8-14-11/h1-4,7-8H,5-6,12H2. The second kappa shape index (κ2) is 4.07.